The molecule has 5 rings (SSSR count). The SMILES string of the molecule is Cc1cn(C2CC[C@@H](COP(=O)(S)O[C@@H]3C[C@H](n4cnc5c(N)ncnc54)O[C@@H]3COP(=O)(O)S)O2)c(=O)[nH]c1=O. The number of rotatable bonds is 10. The first kappa shape index (κ1) is 30.4. The van der Waals surface area contributed by atoms with Crippen molar-refractivity contribution in [1.29, 1.82) is 0 Å². The van der Waals surface area contributed by atoms with Gasteiger partial charge in [0.2, 0.25) is 0 Å². The molecular weight excluding hydrogens is 624 g/mol. The third-order valence-corrected chi connectivity index (χ3v) is 8.99. The smallest absolute Gasteiger partial charge is 0.382 e. The highest BCUT2D eigenvalue weighted by atomic mass is 32.7. The number of hydrogen-bond acceptors (Lipinski definition) is 13. The minimum Gasteiger partial charge on any atom is -0.382 e. The fraction of sp³-hybridized carbons (Fsp3) is 0.550. The molecule has 3 unspecified atom stereocenters. The largest absolute Gasteiger partial charge is 0.386 e. The van der Waals surface area contributed by atoms with Crippen LogP contribution in [0.25, 0.3) is 11.2 Å². The normalized spacial score (nSPS) is 27.7. The molecule has 4 N–H and O–H groups in total. The number of nitrogens with two attached hydrogens (primary N) is 1. The minimum atomic E-state index is -4.17. The van der Waals surface area contributed by atoms with Gasteiger partial charge in [0.15, 0.2) is 11.5 Å². The number of fused-ring (bicyclic) bond motifs is 1. The molecule has 224 valence electrons. The highest BCUT2D eigenvalue weighted by Gasteiger charge is 2.43. The summed E-state index contributed by atoms with van der Waals surface area (Å²) in [4.78, 5) is 47.8. The number of anilines is 1. The molecule has 3 aromatic heterocycles. The summed E-state index contributed by atoms with van der Waals surface area (Å²) in [5.41, 5.74) is 5.86. The first-order valence-electron chi connectivity index (χ1n) is 12.2. The quantitative estimate of drug-likeness (QED) is 0.156. The topological polar surface area (TPSA) is 225 Å². The second-order valence-electron chi connectivity index (χ2n) is 9.41. The molecule has 0 spiro atoms. The van der Waals surface area contributed by atoms with Crippen LogP contribution < -0.4 is 17.0 Å². The monoisotopic (exact) mass is 651 g/mol. The zero-order chi connectivity index (χ0) is 29.5. The first-order chi connectivity index (χ1) is 19.3. The first-order valence-corrected chi connectivity index (χ1v) is 17.6. The standard InChI is InChI=1S/C20H27N7O10P2S2/c1-10-5-26(20(29)25-19(10)28)14-3-2-11(35-14)6-34-39(32,41)37-12-4-15(36-13(12)7-33-38(30,31)40)27-9-24-16-17(21)22-8-23-18(16)27/h5,8-9,11-15H,2-4,6-7H2,1H3,(H,32,41)(H2,21,22,23)(H,25,28,29)(H2,30,31,40)/t11-,12+,13+,14?,15+,39?/m0/s1. The van der Waals surface area contributed by atoms with E-state index >= 15 is 0 Å². The molecule has 0 radical (unpaired) electrons. The number of imidazole rings is 1. The highest BCUT2D eigenvalue weighted by Crippen LogP contribution is 2.57. The maximum absolute atomic E-state index is 13.2. The van der Waals surface area contributed by atoms with Gasteiger partial charge in [0.05, 0.1) is 25.6 Å². The van der Waals surface area contributed by atoms with Crippen molar-refractivity contribution < 1.29 is 37.1 Å². The van der Waals surface area contributed by atoms with E-state index in [1.165, 1.54) is 23.4 Å². The van der Waals surface area contributed by atoms with Gasteiger partial charge in [-0.2, -0.15) is 0 Å². The fourth-order valence-electron chi connectivity index (χ4n) is 4.58. The summed E-state index contributed by atoms with van der Waals surface area (Å²) >= 11 is 7.62. The molecule has 2 aliphatic rings. The number of hydrogen-bond donors (Lipinski definition) is 5. The van der Waals surface area contributed by atoms with Crippen LogP contribution in [0.5, 0.6) is 0 Å². The van der Waals surface area contributed by atoms with Gasteiger partial charge < -0.3 is 20.1 Å². The van der Waals surface area contributed by atoms with E-state index in [1.54, 1.807) is 11.5 Å². The van der Waals surface area contributed by atoms with Gasteiger partial charge in [-0.15, -0.1) is 0 Å². The minimum absolute atomic E-state index is 0.0933. The number of aromatic amines is 1. The van der Waals surface area contributed by atoms with E-state index in [0.717, 1.165) is 0 Å². The van der Waals surface area contributed by atoms with Crippen LogP contribution in [0.3, 0.4) is 0 Å². The maximum atomic E-state index is 13.2. The van der Waals surface area contributed by atoms with Gasteiger partial charge in [-0.3, -0.25) is 32.5 Å². The summed E-state index contributed by atoms with van der Waals surface area (Å²) in [6, 6.07) is 0. The Balaban J connectivity index is 1.24. The molecular formula is C20H27N7O10P2S2. The molecule has 0 aromatic carbocycles. The molecule has 0 saturated carbocycles. The molecule has 41 heavy (non-hydrogen) atoms. The van der Waals surface area contributed by atoms with Crippen molar-refractivity contribution in [2.75, 3.05) is 18.9 Å². The summed E-state index contributed by atoms with van der Waals surface area (Å²) in [5.74, 6) is 0.168. The average Bonchev–Trinajstić information content (AvgIpc) is 3.62. The van der Waals surface area contributed by atoms with Crippen LogP contribution in [0.2, 0.25) is 0 Å². The van der Waals surface area contributed by atoms with Gasteiger partial charge in [-0.05, 0) is 19.8 Å². The van der Waals surface area contributed by atoms with E-state index in [0.29, 0.717) is 29.6 Å². The van der Waals surface area contributed by atoms with Crippen molar-refractivity contribution in [3.8, 4) is 0 Å². The van der Waals surface area contributed by atoms with Crippen LogP contribution in [-0.4, -0.2) is 65.5 Å². The van der Waals surface area contributed by atoms with Crippen molar-refractivity contribution in [3.05, 3.63) is 45.3 Å². The van der Waals surface area contributed by atoms with Crippen molar-refractivity contribution in [2.24, 2.45) is 0 Å². The van der Waals surface area contributed by atoms with Crippen molar-refractivity contribution in [2.45, 2.75) is 57.0 Å². The third-order valence-electron chi connectivity index (χ3n) is 6.52. The second kappa shape index (κ2) is 11.9. The van der Waals surface area contributed by atoms with Gasteiger partial charge >= 0.3 is 19.3 Å². The number of nitrogen functional groups attached to an aromatic ring is 1. The molecule has 21 heteroatoms. The van der Waals surface area contributed by atoms with Gasteiger partial charge in [-0.25, -0.2) is 28.9 Å². The van der Waals surface area contributed by atoms with E-state index in [1.807, 2.05) is 0 Å². The Kier molecular flexibility index (Phi) is 8.84. The molecule has 2 aliphatic heterocycles. The van der Waals surface area contributed by atoms with Gasteiger partial charge in [0.1, 0.15) is 36.5 Å². The van der Waals surface area contributed by atoms with E-state index < -0.39 is 62.2 Å². The molecule has 17 nitrogen and oxygen atoms in total. The fourth-order valence-corrected chi connectivity index (χ4v) is 6.66. The van der Waals surface area contributed by atoms with Crippen LogP contribution in [0.15, 0.2) is 28.4 Å². The predicted molar refractivity (Wildman–Crippen MR) is 150 cm³/mol. The molecule has 0 aliphatic carbocycles. The van der Waals surface area contributed by atoms with Crippen molar-refractivity contribution in [1.82, 2.24) is 29.1 Å². The lowest BCUT2D eigenvalue weighted by atomic mass is 10.2. The summed E-state index contributed by atoms with van der Waals surface area (Å²) in [5, 5.41) is 0. The predicted octanol–water partition coefficient (Wildman–Crippen LogP) is 1.72. The van der Waals surface area contributed by atoms with Crippen LogP contribution >= 0.6 is 38.1 Å². The lowest BCUT2D eigenvalue weighted by molar-refractivity contribution is -0.0394. The van der Waals surface area contributed by atoms with E-state index in [4.69, 9.17) is 28.8 Å². The lowest BCUT2D eigenvalue weighted by Crippen LogP contribution is -2.33. The molecule has 0 bridgehead atoms. The molecule has 2 saturated heterocycles. The lowest BCUT2D eigenvalue weighted by Gasteiger charge is -2.23. The summed E-state index contributed by atoms with van der Waals surface area (Å²) < 4.78 is 55.7. The van der Waals surface area contributed by atoms with E-state index in [2.05, 4.69) is 44.4 Å². The highest BCUT2D eigenvalue weighted by molar-refractivity contribution is 8.44. The Bertz CT molecular complexity index is 1640. The van der Waals surface area contributed by atoms with Gasteiger partial charge in [0.25, 0.3) is 5.56 Å². The Hall–Kier alpha value is -2.05. The number of aryl methyl sites for hydroxylation is 1. The number of H-pyrrole nitrogens is 1. The van der Waals surface area contributed by atoms with Crippen LogP contribution in [0, 0.1) is 6.92 Å². The second-order valence-corrected chi connectivity index (χ2v) is 15.0. The van der Waals surface area contributed by atoms with E-state index in [9.17, 15) is 23.6 Å². The Morgan fingerprint density at radius 2 is 1.90 bits per heavy atom. The molecule has 3 aromatic rings. The molecule has 2 fully saturated rings. The van der Waals surface area contributed by atoms with Crippen molar-refractivity contribution >= 4 is 55.1 Å². The number of thiol groups is 2. The Morgan fingerprint density at radius 1 is 1.12 bits per heavy atom. The summed E-state index contributed by atoms with van der Waals surface area (Å²) in [7, 11) is 0. The number of nitrogens with zero attached hydrogens (tertiary/aromatic N) is 5. The summed E-state index contributed by atoms with van der Waals surface area (Å²) in [6.45, 7) is -7.21. The van der Waals surface area contributed by atoms with Gasteiger partial charge in [0, 0.05) is 18.2 Å². The summed E-state index contributed by atoms with van der Waals surface area (Å²) in [6.07, 6.45) is 1.27. The zero-order valence-corrected chi connectivity index (χ0v) is 25.0. The molecule has 5 heterocycles. The van der Waals surface area contributed by atoms with Crippen LogP contribution in [0.1, 0.15) is 37.3 Å². The number of ether oxygens (including phenoxy) is 2. The maximum Gasteiger partial charge on any atom is 0.386 e. The zero-order valence-electron chi connectivity index (χ0n) is 21.4. The number of aromatic nitrogens is 6. The third kappa shape index (κ3) is 7.13. The Morgan fingerprint density at radius 3 is 2.66 bits per heavy atom. The molecule has 0 amide bonds. The van der Waals surface area contributed by atoms with Crippen LogP contribution in [-0.2, 0) is 32.2 Å². The molecule has 7 atom stereocenters. The van der Waals surface area contributed by atoms with Crippen molar-refractivity contribution in [3.63, 3.8) is 0 Å². The van der Waals surface area contributed by atoms with E-state index in [-0.39, 0.29) is 18.8 Å². The van der Waals surface area contributed by atoms with Crippen LogP contribution in [0.4, 0.5) is 5.82 Å². The Labute approximate surface area is 242 Å². The van der Waals surface area contributed by atoms with Gasteiger partial charge in [-0.1, -0.05) is 24.5 Å². The average molecular weight is 652 g/mol. The number of nitrogens with one attached hydrogen (secondary N) is 1.